The van der Waals surface area contributed by atoms with E-state index >= 15 is 0 Å². The monoisotopic (exact) mass is 360 g/mol. The molecular formula is C20H20N6O. The first kappa shape index (κ1) is 16.9. The van der Waals surface area contributed by atoms with Gasteiger partial charge in [0, 0.05) is 17.7 Å². The number of oxazole rings is 1. The molecule has 7 nitrogen and oxygen atoms in total. The molecule has 3 N–H and O–H groups in total. The van der Waals surface area contributed by atoms with Gasteiger partial charge < -0.3 is 15.5 Å². The zero-order valence-corrected chi connectivity index (χ0v) is 15.2. The molecule has 7 heteroatoms. The predicted molar refractivity (Wildman–Crippen MR) is 101 cm³/mol. The SMILES string of the molecule is CCCc1nc2c(o1)NC(N)=C(C#N)[C@H]2c1cnn(-c2ccccc2)c1C. The highest BCUT2D eigenvalue weighted by atomic mass is 16.4. The standard InChI is InChI=1S/C20H20N6O/c1-3-7-16-24-18-17(14(10-21)19(22)25-20(18)27-16)15-11-23-26(12(15)2)13-8-5-4-6-9-13/h4-6,8-9,11,17,25H,3,7,22H2,1-2H3/t17-/m0/s1. The van der Waals surface area contributed by atoms with E-state index in [2.05, 4.69) is 28.4 Å². The van der Waals surface area contributed by atoms with Crippen molar-refractivity contribution < 1.29 is 4.42 Å². The van der Waals surface area contributed by atoms with Crippen molar-refractivity contribution in [1.82, 2.24) is 14.8 Å². The van der Waals surface area contributed by atoms with Crippen LogP contribution in [0.2, 0.25) is 0 Å². The number of hydrogen-bond acceptors (Lipinski definition) is 6. The Kier molecular flexibility index (Phi) is 4.16. The van der Waals surface area contributed by atoms with Crippen molar-refractivity contribution in [2.24, 2.45) is 5.73 Å². The molecule has 0 fully saturated rings. The van der Waals surface area contributed by atoms with Crippen LogP contribution < -0.4 is 11.1 Å². The maximum atomic E-state index is 9.73. The third kappa shape index (κ3) is 2.75. The van der Waals surface area contributed by atoms with E-state index in [0.717, 1.165) is 29.8 Å². The van der Waals surface area contributed by atoms with Crippen LogP contribution in [0.1, 0.15) is 42.1 Å². The van der Waals surface area contributed by atoms with Gasteiger partial charge in [-0.3, -0.25) is 0 Å². The maximum absolute atomic E-state index is 9.73. The molecule has 3 heterocycles. The molecule has 0 spiro atoms. The quantitative estimate of drug-likeness (QED) is 0.739. The first-order valence-electron chi connectivity index (χ1n) is 8.90. The number of benzene rings is 1. The Morgan fingerprint density at radius 2 is 2.11 bits per heavy atom. The molecule has 1 aliphatic heterocycles. The second kappa shape index (κ2) is 6.65. The van der Waals surface area contributed by atoms with Crippen molar-refractivity contribution in [1.29, 1.82) is 5.26 Å². The van der Waals surface area contributed by atoms with Gasteiger partial charge in [0.1, 0.15) is 11.5 Å². The Morgan fingerprint density at radius 3 is 2.81 bits per heavy atom. The lowest BCUT2D eigenvalue weighted by Crippen LogP contribution is -2.23. The lowest BCUT2D eigenvalue weighted by Gasteiger charge is -2.22. The molecule has 136 valence electrons. The highest BCUT2D eigenvalue weighted by Gasteiger charge is 2.35. The average Bonchev–Trinajstić information content (AvgIpc) is 3.24. The molecule has 2 aromatic heterocycles. The summed E-state index contributed by atoms with van der Waals surface area (Å²) in [5.74, 6) is 1.03. The number of allylic oxidation sites excluding steroid dienone is 1. The van der Waals surface area contributed by atoms with Gasteiger partial charge in [0.15, 0.2) is 5.89 Å². The normalized spacial score (nSPS) is 16.0. The van der Waals surface area contributed by atoms with Crippen molar-refractivity contribution >= 4 is 5.88 Å². The van der Waals surface area contributed by atoms with Crippen molar-refractivity contribution in [3.05, 3.63) is 70.8 Å². The topological polar surface area (TPSA) is 106 Å². The fourth-order valence-electron chi connectivity index (χ4n) is 3.43. The number of hydrogen-bond donors (Lipinski definition) is 2. The first-order chi connectivity index (χ1) is 13.1. The van der Waals surface area contributed by atoms with Gasteiger partial charge in [-0.15, -0.1) is 0 Å². The number of nitrogens with two attached hydrogens (primary N) is 1. The third-order valence-corrected chi connectivity index (χ3v) is 4.74. The summed E-state index contributed by atoms with van der Waals surface area (Å²) in [6, 6.07) is 12.1. The highest BCUT2D eigenvalue weighted by Crippen LogP contribution is 2.41. The number of aromatic nitrogens is 3. The van der Waals surface area contributed by atoms with Crippen molar-refractivity contribution in [3.8, 4) is 11.8 Å². The summed E-state index contributed by atoms with van der Waals surface area (Å²) in [4.78, 5) is 4.65. The number of para-hydroxylation sites is 1. The van der Waals surface area contributed by atoms with E-state index < -0.39 is 5.92 Å². The molecule has 0 radical (unpaired) electrons. The minimum Gasteiger partial charge on any atom is -0.425 e. The Balaban J connectivity index is 1.85. The van der Waals surface area contributed by atoms with Crippen LogP contribution in [0.3, 0.4) is 0 Å². The summed E-state index contributed by atoms with van der Waals surface area (Å²) in [6.07, 6.45) is 3.43. The van der Waals surface area contributed by atoms with Crippen LogP contribution in [-0.2, 0) is 6.42 Å². The second-order valence-corrected chi connectivity index (χ2v) is 6.50. The zero-order chi connectivity index (χ0) is 19.0. The number of nitrogens with one attached hydrogen (secondary N) is 1. The van der Waals surface area contributed by atoms with E-state index in [1.54, 1.807) is 6.20 Å². The van der Waals surface area contributed by atoms with Crippen molar-refractivity contribution in [3.63, 3.8) is 0 Å². The van der Waals surface area contributed by atoms with E-state index in [1.165, 1.54) is 0 Å². The molecule has 0 aliphatic carbocycles. The van der Waals surface area contributed by atoms with E-state index in [1.807, 2.05) is 41.9 Å². The van der Waals surface area contributed by atoms with Gasteiger partial charge in [0.2, 0.25) is 5.88 Å². The van der Waals surface area contributed by atoms with Crippen LogP contribution in [0.4, 0.5) is 5.88 Å². The Morgan fingerprint density at radius 1 is 1.33 bits per heavy atom. The molecule has 0 amide bonds. The number of anilines is 1. The number of nitrogens with zero attached hydrogens (tertiary/aromatic N) is 4. The summed E-state index contributed by atoms with van der Waals surface area (Å²) >= 11 is 0. The van der Waals surface area contributed by atoms with Gasteiger partial charge in [0.05, 0.1) is 29.4 Å². The van der Waals surface area contributed by atoms with Gasteiger partial charge in [-0.25, -0.2) is 9.67 Å². The summed E-state index contributed by atoms with van der Waals surface area (Å²) in [7, 11) is 0. The minimum absolute atomic E-state index is 0.293. The smallest absolute Gasteiger partial charge is 0.223 e. The van der Waals surface area contributed by atoms with E-state index in [4.69, 9.17) is 10.2 Å². The minimum atomic E-state index is -0.405. The number of rotatable bonds is 4. The molecule has 1 aliphatic rings. The van der Waals surface area contributed by atoms with Gasteiger partial charge in [0.25, 0.3) is 0 Å². The largest absolute Gasteiger partial charge is 0.425 e. The molecule has 3 aromatic rings. The summed E-state index contributed by atoms with van der Waals surface area (Å²) < 4.78 is 7.68. The van der Waals surface area contributed by atoms with Crippen molar-refractivity contribution in [2.75, 3.05) is 5.32 Å². The van der Waals surface area contributed by atoms with Crippen LogP contribution in [-0.4, -0.2) is 14.8 Å². The Hall–Kier alpha value is -3.53. The summed E-state index contributed by atoms with van der Waals surface area (Å²) in [5, 5.41) is 17.2. The Bertz CT molecular complexity index is 1050. The van der Waals surface area contributed by atoms with Crippen LogP contribution in [0.5, 0.6) is 0 Å². The lowest BCUT2D eigenvalue weighted by atomic mass is 9.87. The van der Waals surface area contributed by atoms with Gasteiger partial charge in [-0.1, -0.05) is 25.1 Å². The van der Waals surface area contributed by atoms with Crippen molar-refractivity contribution in [2.45, 2.75) is 32.6 Å². The maximum Gasteiger partial charge on any atom is 0.223 e. The number of nitriles is 1. The molecule has 1 aromatic carbocycles. The van der Waals surface area contributed by atoms with E-state index in [9.17, 15) is 5.26 Å². The molecule has 4 rings (SSSR count). The van der Waals surface area contributed by atoms with Crippen LogP contribution >= 0.6 is 0 Å². The zero-order valence-electron chi connectivity index (χ0n) is 15.2. The highest BCUT2D eigenvalue weighted by molar-refractivity contribution is 5.61. The fraction of sp³-hybridized carbons (Fsp3) is 0.250. The third-order valence-electron chi connectivity index (χ3n) is 4.74. The predicted octanol–water partition coefficient (Wildman–Crippen LogP) is 3.37. The summed E-state index contributed by atoms with van der Waals surface area (Å²) in [5.41, 5.74) is 9.99. The van der Waals surface area contributed by atoms with Gasteiger partial charge in [-0.05, 0) is 25.5 Å². The lowest BCUT2D eigenvalue weighted by molar-refractivity contribution is 0.503. The molecular weight excluding hydrogens is 340 g/mol. The fourth-order valence-corrected chi connectivity index (χ4v) is 3.43. The summed E-state index contributed by atoms with van der Waals surface area (Å²) in [6.45, 7) is 4.05. The Labute approximate surface area is 157 Å². The van der Waals surface area contributed by atoms with E-state index in [0.29, 0.717) is 28.9 Å². The molecule has 27 heavy (non-hydrogen) atoms. The molecule has 0 unspecified atom stereocenters. The van der Waals surface area contributed by atoms with Crippen LogP contribution in [0, 0.1) is 18.3 Å². The second-order valence-electron chi connectivity index (χ2n) is 6.50. The van der Waals surface area contributed by atoms with Crippen LogP contribution in [0.15, 0.2) is 52.3 Å². The van der Waals surface area contributed by atoms with Crippen LogP contribution in [0.25, 0.3) is 5.69 Å². The van der Waals surface area contributed by atoms with Gasteiger partial charge >= 0.3 is 0 Å². The number of aryl methyl sites for hydroxylation is 1. The molecule has 0 saturated heterocycles. The average molecular weight is 360 g/mol. The molecule has 0 bridgehead atoms. The number of fused-ring (bicyclic) bond motifs is 1. The molecule has 0 saturated carbocycles. The first-order valence-corrected chi connectivity index (χ1v) is 8.90. The van der Waals surface area contributed by atoms with E-state index in [-0.39, 0.29) is 0 Å². The molecule has 1 atom stereocenters. The van der Waals surface area contributed by atoms with Gasteiger partial charge in [-0.2, -0.15) is 10.4 Å².